The van der Waals surface area contributed by atoms with Crippen LogP contribution in [-0.2, 0) is 16.1 Å². The molecule has 3 atom stereocenters. The van der Waals surface area contributed by atoms with Gasteiger partial charge in [-0.05, 0) is 33.3 Å². The number of carbonyl (C=O) groups excluding carboxylic acids is 1. The van der Waals surface area contributed by atoms with Gasteiger partial charge in [-0.2, -0.15) is 5.06 Å². The Balaban J connectivity index is 1.87. The monoisotopic (exact) mass is 446 g/mol. The molecule has 0 aliphatic carbocycles. The van der Waals surface area contributed by atoms with Crippen LogP contribution in [0.25, 0.3) is 0 Å². The summed E-state index contributed by atoms with van der Waals surface area (Å²) in [6.45, 7) is 6.87. The van der Waals surface area contributed by atoms with E-state index in [0.717, 1.165) is 5.56 Å². The molecule has 0 radical (unpaired) electrons. The van der Waals surface area contributed by atoms with Crippen molar-refractivity contribution in [2.45, 2.75) is 64.6 Å². The molecule has 1 aromatic heterocycles. The van der Waals surface area contributed by atoms with Crippen molar-refractivity contribution in [3.05, 3.63) is 68.5 Å². The first-order valence-electron chi connectivity index (χ1n) is 10.5. The van der Waals surface area contributed by atoms with E-state index in [0.29, 0.717) is 18.5 Å². The molecule has 174 valence electrons. The fourth-order valence-corrected chi connectivity index (χ4v) is 3.57. The topological polar surface area (TPSA) is 126 Å². The van der Waals surface area contributed by atoms with E-state index in [1.165, 1.54) is 10.8 Å². The predicted octanol–water partition coefficient (Wildman–Crippen LogP) is 1.44. The number of rotatable bonds is 6. The van der Waals surface area contributed by atoms with Crippen LogP contribution in [0.3, 0.4) is 0 Å². The van der Waals surface area contributed by atoms with Crippen LogP contribution < -0.4 is 16.6 Å². The van der Waals surface area contributed by atoms with Crippen LogP contribution in [0, 0.1) is 6.92 Å². The lowest BCUT2D eigenvalue weighted by molar-refractivity contribution is -0.194. The van der Waals surface area contributed by atoms with Crippen LogP contribution >= 0.6 is 0 Å². The highest BCUT2D eigenvalue weighted by Crippen LogP contribution is 2.31. The second-order valence-electron chi connectivity index (χ2n) is 8.84. The van der Waals surface area contributed by atoms with Gasteiger partial charge in [-0.1, -0.05) is 30.3 Å². The van der Waals surface area contributed by atoms with E-state index in [-0.39, 0.29) is 6.61 Å². The standard InChI is InChI=1S/C22H30N4O6/c1-14-11-25(20(29)24-19(14)28)18-10-17(16(13-27)23-21(30)31-22(2,3)4)26(32-18)12-15-8-6-5-7-9-15/h5-9,11,16-18,27H,10,12-13H2,1-4H3,(H,23,30)(H,24,28,29)/t16-,17-,18-/m0/s1. The van der Waals surface area contributed by atoms with E-state index in [4.69, 9.17) is 9.57 Å². The van der Waals surface area contributed by atoms with Gasteiger partial charge in [0.15, 0.2) is 6.23 Å². The number of hydrogen-bond acceptors (Lipinski definition) is 7. The summed E-state index contributed by atoms with van der Waals surface area (Å²) in [4.78, 5) is 44.8. The largest absolute Gasteiger partial charge is 0.444 e. The van der Waals surface area contributed by atoms with Gasteiger partial charge in [-0.25, -0.2) is 9.59 Å². The average molecular weight is 447 g/mol. The second-order valence-corrected chi connectivity index (χ2v) is 8.84. The molecule has 1 saturated heterocycles. The lowest BCUT2D eigenvalue weighted by atomic mass is 10.0. The number of aliphatic hydroxyl groups is 1. The number of nitrogens with zero attached hydrogens (tertiary/aromatic N) is 2. The van der Waals surface area contributed by atoms with Crippen LogP contribution in [0.2, 0.25) is 0 Å². The first-order valence-corrected chi connectivity index (χ1v) is 10.5. The van der Waals surface area contributed by atoms with Gasteiger partial charge in [0.25, 0.3) is 5.56 Å². The maximum Gasteiger partial charge on any atom is 0.408 e. The van der Waals surface area contributed by atoms with Crippen molar-refractivity contribution < 1.29 is 19.5 Å². The number of aryl methyl sites for hydroxylation is 1. The molecule has 2 aromatic rings. The van der Waals surface area contributed by atoms with Crippen LogP contribution in [0.4, 0.5) is 4.79 Å². The number of aromatic amines is 1. The number of benzene rings is 1. The van der Waals surface area contributed by atoms with Crippen molar-refractivity contribution in [1.29, 1.82) is 0 Å². The number of alkyl carbamates (subject to hydrolysis) is 1. The number of aliphatic hydroxyl groups excluding tert-OH is 1. The highest BCUT2D eigenvalue weighted by molar-refractivity contribution is 5.68. The van der Waals surface area contributed by atoms with Crippen molar-refractivity contribution in [2.24, 2.45) is 0 Å². The molecule has 0 unspecified atom stereocenters. The maximum absolute atomic E-state index is 12.4. The van der Waals surface area contributed by atoms with E-state index < -0.39 is 41.3 Å². The van der Waals surface area contributed by atoms with Gasteiger partial charge in [-0.3, -0.25) is 19.2 Å². The molecule has 32 heavy (non-hydrogen) atoms. The zero-order chi connectivity index (χ0) is 23.5. The number of hydroxylamine groups is 2. The average Bonchev–Trinajstić information content (AvgIpc) is 3.11. The van der Waals surface area contributed by atoms with E-state index in [2.05, 4.69) is 10.3 Å². The Hall–Kier alpha value is -2.95. The van der Waals surface area contributed by atoms with E-state index >= 15 is 0 Å². The second kappa shape index (κ2) is 9.68. The van der Waals surface area contributed by atoms with Crippen molar-refractivity contribution in [1.82, 2.24) is 19.9 Å². The number of amides is 1. The highest BCUT2D eigenvalue weighted by Gasteiger charge is 2.40. The summed E-state index contributed by atoms with van der Waals surface area (Å²) in [7, 11) is 0. The first-order chi connectivity index (χ1) is 15.1. The molecule has 0 spiro atoms. The minimum atomic E-state index is -0.721. The molecule has 3 N–H and O–H groups in total. The summed E-state index contributed by atoms with van der Waals surface area (Å²) in [6.07, 6.45) is 0.363. The molecule has 1 aromatic carbocycles. The molecule has 1 aliphatic rings. The molecule has 1 fully saturated rings. The third kappa shape index (κ3) is 5.84. The lowest BCUT2D eigenvalue weighted by Gasteiger charge is -2.30. The van der Waals surface area contributed by atoms with E-state index in [1.54, 1.807) is 32.8 Å². The van der Waals surface area contributed by atoms with Gasteiger partial charge < -0.3 is 15.2 Å². The molecule has 10 heteroatoms. The summed E-state index contributed by atoms with van der Waals surface area (Å²) >= 11 is 0. The molecular weight excluding hydrogens is 416 g/mol. The van der Waals surface area contributed by atoms with E-state index in [9.17, 15) is 19.5 Å². The lowest BCUT2D eigenvalue weighted by Crippen LogP contribution is -2.51. The predicted molar refractivity (Wildman–Crippen MR) is 117 cm³/mol. The number of nitrogens with one attached hydrogen (secondary N) is 2. The van der Waals surface area contributed by atoms with Gasteiger partial charge in [0.1, 0.15) is 5.60 Å². The summed E-state index contributed by atoms with van der Waals surface area (Å²) < 4.78 is 6.64. The molecule has 1 aliphatic heterocycles. The third-order valence-corrected chi connectivity index (χ3v) is 5.07. The van der Waals surface area contributed by atoms with E-state index in [1.807, 2.05) is 30.3 Å². The fraction of sp³-hybridized carbons (Fsp3) is 0.500. The molecular formula is C22H30N4O6. The normalized spacial score (nSPS) is 20.2. The van der Waals surface area contributed by atoms with Crippen molar-refractivity contribution in [3.8, 4) is 0 Å². The summed E-state index contributed by atoms with van der Waals surface area (Å²) in [5.74, 6) is 0. The van der Waals surface area contributed by atoms with Crippen molar-refractivity contribution in [2.75, 3.05) is 6.61 Å². The molecule has 10 nitrogen and oxygen atoms in total. The number of hydrogen-bond donors (Lipinski definition) is 3. The quantitative estimate of drug-likeness (QED) is 0.613. The van der Waals surface area contributed by atoms with Gasteiger partial charge in [0.2, 0.25) is 0 Å². The summed E-state index contributed by atoms with van der Waals surface area (Å²) in [5, 5.41) is 14.4. The Labute approximate surface area is 185 Å². The summed E-state index contributed by atoms with van der Waals surface area (Å²) in [6, 6.07) is 8.39. The van der Waals surface area contributed by atoms with Gasteiger partial charge in [0, 0.05) is 24.7 Å². The third-order valence-electron chi connectivity index (χ3n) is 5.07. The molecule has 2 heterocycles. The fourth-order valence-electron chi connectivity index (χ4n) is 3.57. The van der Waals surface area contributed by atoms with Crippen LogP contribution in [0.15, 0.2) is 46.1 Å². The number of ether oxygens (including phenoxy) is 1. The Kier molecular flexibility index (Phi) is 7.17. The molecule has 0 bridgehead atoms. The van der Waals surface area contributed by atoms with Gasteiger partial charge >= 0.3 is 11.8 Å². The van der Waals surface area contributed by atoms with Crippen LogP contribution in [-0.4, -0.2) is 50.1 Å². The molecule has 0 saturated carbocycles. The first kappa shape index (κ1) is 23.7. The van der Waals surface area contributed by atoms with Gasteiger partial charge in [0.05, 0.1) is 18.7 Å². The molecule has 3 rings (SSSR count). The zero-order valence-corrected chi connectivity index (χ0v) is 18.7. The minimum Gasteiger partial charge on any atom is -0.444 e. The smallest absolute Gasteiger partial charge is 0.408 e. The zero-order valence-electron chi connectivity index (χ0n) is 18.7. The maximum atomic E-state index is 12.4. The van der Waals surface area contributed by atoms with Crippen LogP contribution in [0.1, 0.15) is 44.5 Å². The van der Waals surface area contributed by atoms with Crippen LogP contribution in [0.5, 0.6) is 0 Å². The highest BCUT2D eigenvalue weighted by atomic mass is 16.7. The number of aromatic nitrogens is 2. The Morgan fingerprint density at radius 1 is 1.31 bits per heavy atom. The van der Waals surface area contributed by atoms with Crippen molar-refractivity contribution in [3.63, 3.8) is 0 Å². The van der Waals surface area contributed by atoms with Gasteiger partial charge in [-0.15, -0.1) is 0 Å². The SMILES string of the molecule is Cc1cn([C@@H]2C[C@@H]([C@H](CO)NC(=O)OC(C)(C)C)N(Cc3ccccc3)O2)c(=O)[nH]c1=O. The Bertz CT molecular complexity index is 1040. The van der Waals surface area contributed by atoms with Crippen molar-refractivity contribution >= 4 is 6.09 Å². The molecule has 1 amide bonds. The minimum absolute atomic E-state index is 0.291. The number of carbonyl (C=O) groups is 1. The summed E-state index contributed by atoms with van der Waals surface area (Å²) in [5.41, 5.74) is -0.411. The Morgan fingerprint density at radius 2 is 2.00 bits per heavy atom. The number of H-pyrrole nitrogens is 1. The Morgan fingerprint density at radius 3 is 2.62 bits per heavy atom.